The number of carbonyl (C=O) groups is 2. The Kier molecular flexibility index (Phi) is 5.94. The molecule has 4 rings (SSSR count). The van der Waals surface area contributed by atoms with Crippen LogP contribution >= 0.6 is 11.6 Å². The molecule has 2 aromatic heterocycles. The van der Waals surface area contributed by atoms with Crippen LogP contribution in [-0.4, -0.2) is 63.1 Å². The van der Waals surface area contributed by atoms with Gasteiger partial charge in [-0.1, -0.05) is 11.6 Å². The summed E-state index contributed by atoms with van der Waals surface area (Å²) in [6.45, 7) is 1.66. The molecular formula is C21H25ClN6O2. The zero-order valence-corrected chi connectivity index (χ0v) is 17.6. The Morgan fingerprint density at radius 2 is 2.17 bits per heavy atom. The van der Waals surface area contributed by atoms with Crippen molar-refractivity contribution in [3.05, 3.63) is 52.9 Å². The Morgan fingerprint density at radius 1 is 1.30 bits per heavy atom. The number of hydrogen-bond acceptors (Lipinski definition) is 3. The van der Waals surface area contributed by atoms with E-state index in [0.717, 1.165) is 41.7 Å². The van der Waals surface area contributed by atoms with E-state index in [-0.39, 0.29) is 18.0 Å². The van der Waals surface area contributed by atoms with Crippen LogP contribution < -0.4 is 5.32 Å². The number of H-pyrrole nitrogens is 2. The number of urea groups is 1. The minimum Gasteiger partial charge on any atom is -0.357 e. The summed E-state index contributed by atoms with van der Waals surface area (Å²) in [6.07, 6.45) is 3.69. The summed E-state index contributed by atoms with van der Waals surface area (Å²) in [6, 6.07) is 9.27. The summed E-state index contributed by atoms with van der Waals surface area (Å²) in [5.74, 6) is 0.0505. The highest BCUT2D eigenvalue weighted by molar-refractivity contribution is 6.31. The van der Waals surface area contributed by atoms with Crippen LogP contribution in [0.3, 0.4) is 0 Å². The zero-order chi connectivity index (χ0) is 21.1. The molecule has 9 heteroatoms. The van der Waals surface area contributed by atoms with Crippen molar-refractivity contribution in [2.24, 2.45) is 0 Å². The number of benzene rings is 1. The third kappa shape index (κ3) is 4.59. The van der Waals surface area contributed by atoms with E-state index < -0.39 is 0 Å². The molecule has 0 bridgehead atoms. The quantitative estimate of drug-likeness (QED) is 0.582. The van der Waals surface area contributed by atoms with Crippen LogP contribution in [0.2, 0.25) is 5.02 Å². The number of amides is 3. The van der Waals surface area contributed by atoms with Crippen molar-refractivity contribution in [1.29, 1.82) is 0 Å². The predicted octanol–water partition coefficient (Wildman–Crippen LogP) is 2.92. The van der Waals surface area contributed by atoms with E-state index in [9.17, 15) is 9.59 Å². The Labute approximate surface area is 179 Å². The summed E-state index contributed by atoms with van der Waals surface area (Å²) in [4.78, 5) is 32.1. The molecule has 30 heavy (non-hydrogen) atoms. The molecule has 1 aromatic carbocycles. The first-order chi connectivity index (χ1) is 14.5. The average Bonchev–Trinajstić information content (AvgIpc) is 3.40. The predicted molar refractivity (Wildman–Crippen MR) is 115 cm³/mol. The first-order valence-electron chi connectivity index (χ1n) is 10.0. The molecule has 1 fully saturated rings. The van der Waals surface area contributed by atoms with Gasteiger partial charge in [0.25, 0.3) is 0 Å². The average molecular weight is 429 g/mol. The van der Waals surface area contributed by atoms with Gasteiger partial charge in [-0.25, -0.2) is 4.79 Å². The minimum atomic E-state index is -0.153. The van der Waals surface area contributed by atoms with Crippen LogP contribution in [0.5, 0.6) is 0 Å². The third-order valence-corrected chi connectivity index (χ3v) is 5.82. The molecule has 1 atom stereocenters. The topological polar surface area (TPSA) is 97.1 Å². The second kappa shape index (κ2) is 8.79. The maximum absolute atomic E-state index is 12.7. The normalized spacial score (nSPS) is 16.6. The Bertz CT molecular complexity index is 1030. The molecule has 158 valence electrons. The summed E-state index contributed by atoms with van der Waals surface area (Å²) >= 11 is 6.03. The van der Waals surface area contributed by atoms with Crippen molar-refractivity contribution >= 4 is 34.4 Å². The number of halogens is 1. The van der Waals surface area contributed by atoms with Gasteiger partial charge in [-0.2, -0.15) is 5.10 Å². The van der Waals surface area contributed by atoms with Gasteiger partial charge in [0, 0.05) is 53.6 Å². The number of nitrogens with one attached hydrogen (secondary N) is 3. The molecule has 0 unspecified atom stereocenters. The molecule has 3 aromatic rings. The third-order valence-electron chi connectivity index (χ3n) is 5.59. The lowest BCUT2D eigenvalue weighted by Crippen LogP contribution is -2.52. The van der Waals surface area contributed by atoms with E-state index in [4.69, 9.17) is 11.6 Å². The number of likely N-dealkylation sites (tertiary alicyclic amines) is 1. The smallest absolute Gasteiger partial charge is 0.317 e. The van der Waals surface area contributed by atoms with Gasteiger partial charge in [-0.3, -0.25) is 9.89 Å². The second-order valence-corrected chi connectivity index (χ2v) is 8.13. The van der Waals surface area contributed by atoms with Gasteiger partial charge in [-0.05, 0) is 43.2 Å². The van der Waals surface area contributed by atoms with Crippen molar-refractivity contribution in [1.82, 2.24) is 30.3 Å². The SMILES string of the molecule is CN(C(=O)NCc1cc2cc(Cl)ccc2[nH]1)[C@@H]1CCCN(C(=O)Cc2ccn[nH]2)C1. The fourth-order valence-electron chi connectivity index (χ4n) is 3.88. The highest BCUT2D eigenvalue weighted by Gasteiger charge is 2.28. The molecule has 0 radical (unpaired) electrons. The van der Waals surface area contributed by atoms with E-state index in [1.54, 1.807) is 24.2 Å². The van der Waals surface area contributed by atoms with E-state index in [1.165, 1.54) is 0 Å². The van der Waals surface area contributed by atoms with Gasteiger partial charge in [0.2, 0.25) is 5.91 Å². The molecule has 1 aliphatic rings. The van der Waals surface area contributed by atoms with Crippen LogP contribution in [-0.2, 0) is 17.8 Å². The number of aromatic nitrogens is 3. The minimum absolute atomic E-state index is 0.00834. The van der Waals surface area contributed by atoms with Crippen LogP contribution in [0.1, 0.15) is 24.2 Å². The molecule has 8 nitrogen and oxygen atoms in total. The Morgan fingerprint density at radius 3 is 2.97 bits per heavy atom. The summed E-state index contributed by atoms with van der Waals surface area (Å²) in [5, 5.41) is 11.4. The lowest BCUT2D eigenvalue weighted by Gasteiger charge is -2.37. The Balaban J connectivity index is 1.31. The second-order valence-electron chi connectivity index (χ2n) is 7.69. The molecule has 1 aliphatic heterocycles. The van der Waals surface area contributed by atoms with Gasteiger partial charge in [0.15, 0.2) is 0 Å². The fourth-order valence-corrected chi connectivity index (χ4v) is 4.06. The standard InChI is InChI=1S/C21H25ClN6O2/c1-27(18-3-2-8-28(13-18)20(29)11-16-6-7-24-26-16)21(30)23-12-17-10-14-9-15(22)4-5-19(14)25-17/h4-7,9-10,18,25H,2-3,8,11-13H2,1H3,(H,23,30)(H,24,26)/t18-/m1/s1. The van der Waals surface area contributed by atoms with Crippen LogP contribution in [0.25, 0.3) is 10.9 Å². The van der Waals surface area contributed by atoms with Crippen LogP contribution in [0, 0.1) is 0 Å². The number of piperidine rings is 1. The number of hydrogen-bond donors (Lipinski definition) is 3. The number of carbonyl (C=O) groups excluding carboxylic acids is 2. The largest absolute Gasteiger partial charge is 0.357 e. The fraction of sp³-hybridized carbons (Fsp3) is 0.381. The molecule has 3 heterocycles. The maximum Gasteiger partial charge on any atom is 0.317 e. The summed E-state index contributed by atoms with van der Waals surface area (Å²) in [5.41, 5.74) is 2.69. The van der Waals surface area contributed by atoms with Gasteiger partial charge in [0.1, 0.15) is 0 Å². The van der Waals surface area contributed by atoms with E-state index in [0.29, 0.717) is 24.5 Å². The molecule has 0 saturated carbocycles. The van der Waals surface area contributed by atoms with Crippen molar-refractivity contribution in [2.45, 2.75) is 31.8 Å². The van der Waals surface area contributed by atoms with E-state index >= 15 is 0 Å². The maximum atomic E-state index is 12.7. The van der Waals surface area contributed by atoms with Gasteiger partial charge in [-0.15, -0.1) is 0 Å². The van der Waals surface area contributed by atoms with Crippen molar-refractivity contribution in [3.8, 4) is 0 Å². The highest BCUT2D eigenvalue weighted by atomic mass is 35.5. The number of aromatic amines is 2. The molecule has 3 amide bonds. The van der Waals surface area contributed by atoms with Crippen LogP contribution in [0.4, 0.5) is 4.79 Å². The highest BCUT2D eigenvalue weighted by Crippen LogP contribution is 2.20. The first kappa shape index (κ1) is 20.3. The number of fused-ring (bicyclic) bond motifs is 1. The summed E-state index contributed by atoms with van der Waals surface area (Å²) < 4.78 is 0. The van der Waals surface area contributed by atoms with Crippen molar-refractivity contribution in [2.75, 3.05) is 20.1 Å². The first-order valence-corrected chi connectivity index (χ1v) is 10.4. The molecular weight excluding hydrogens is 404 g/mol. The molecule has 1 saturated heterocycles. The van der Waals surface area contributed by atoms with E-state index in [1.807, 2.05) is 29.2 Å². The van der Waals surface area contributed by atoms with Crippen molar-refractivity contribution < 1.29 is 9.59 Å². The monoisotopic (exact) mass is 428 g/mol. The Hall–Kier alpha value is -3.00. The zero-order valence-electron chi connectivity index (χ0n) is 16.8. The number of likely N-dealkylation sites (N-methyl/N-ethyl adjacent to an activating group) is 1. The van der Waals surface area contributed by atoms with Gasteiger partial charge < -0.3 is 20.1 Å². The molecule has 0 spiro atoms. The number of rotatable bonds is 5. The van der Waals surface area contributed by atoms with Crippen LogP contribution in [0.15, 0.2) is 36.5 Å². The molecule has 0 aliphatic carbocycles. The lowest BCUT2D eigenvalue weighted by molar-refractivity contribution is -0.132. The molecule has 3 N–H and O–H groups in total. The van der Waals surface area contributed by atoms with E-state index in [2.05, 4.69) is 20.5 Å². The number of nitrogens with zero attached hydrogens (tertiary/aromatic N) is 3. The van der Waals surface area contributed by atoms with Gasteiger partial charge >= 0.3 is 6.03 Å². The van der Waals surface area contributed by atoms with Crippen molar-refractivity contribution in [3.63, 3.8) is 0 Å². The lowest BCUT2D eigenvalue weighted by atomic mass is 10.0. The summed E-state index contributed by atoms with van der Waals surface area (Å²) in [7, 11) is 1.79. The van der Waals surface area contributed by atoms with Gasteiger partial charge in [0.05, 0.1) is 19.0 Å².